The molecule has 0 bridgehead atoms. The van der Waals surface area contributed by atoms with Crippen LogP contribution in [0, 0.1) is 76.3 Å². The number of carboxylic acids is 6. The molecule has 0 aliphatic carbocycles. The second-order valence-corrected chi connectivity index (χ2v) is 23.3. The Morgan fingerprint density at radius 3 is 0.464 bits per heavy atom. The van der Waals surface area contributed by atoms with E-state index in [4.69, 9.17) is 0 Å². The number of fused-ring (bicyclic) bond motifs is 12. The number of hydrogen-bond donors (Lipinski definition) is 0. The Hall–Kier alpha value is -12.4. The van der Waals surface area contributed by atoms with Crippen molar-refractivity contribution in [3.63, 3.8) is 0 Å². The topological polar surface area (TPSA) is 355 Å². The fourth-order valence-corrected chi connectivity index (χ4v) is 11.8. The summed E-state index contributed by atoms with van der Waals surface area (Å²) in [6, 6.07) is 99.2. The predicted molar refractivity (Wildman–Crippen MR) is 411 cm³/mol. The van der Waals surface area contributed by atoms with Gasteiger partial charge in [-0.15, -0.1) is 0 Å². The van der Waals surface area contributed by atoms with Crippen molar-refractivity contribution in [3.8, 4) is 0 Å². The number of aromatic nitrogens is 4. The minimum Gasteiger partial charge on any atom is -0.545 e. The van der Waals surface area contributed by atoms with Gasteiger partial charge in [0.15, 0.2) is 0 Å². The van der Waals surface area contributed by atoms with Crippen LogP contribution in [-0.2, 0) is 0 Å². The molecule has 110 heavy (non-hydrogen) atoms. The van der Waals surface area contributed by atoms with Gasteiger partial charge < -0.3 is 70.4 Å². The van der Waals surface area contributed by atoms with E-state index in [1.807, 2.05) is 170 Å². The van der Waals surface area contributed by atoms with Gasteiger partial charge in [-0.2, -0.15) is 0 Å². The van der Waals surface area contributed by atoms with E-state index in [0.29, 0.717) is 0 Å². The molecule has 0 aliphatic heterocycles. The number of rotatable bonds is 6. The maximum Gasteiger partial charge on any atom is 3.00 e. The van der Waals surface area contributed by atoms with Crippen molar-refractivity contribution in [3.05, 3.63) is 386 Å². The van der Waals surface area contributed by atoms with Crippen molar-refractivity contribution in [2.75, 3.05) is 0 Å². The van der Waals surface area contributed by atoms with Gasteiger partial charge in [-0.3, -0.25) is 19.9 Å². The van der Waals surface area contributed by atoms with E-state index < -0.39 is 35.8 Å². The van der Waals surface area contributed by atoms with Crippen molar-refractivity contribution in [2.24, 2.45) is 0 Å². The third-order valence-corrected chi connectivity index (χ3v) is 16.7. The molecule has 4 heterocycles. The minimum atomic E-state index is -1.13. The van der Waals surface area contributed by atoms with E-state index in [-0.39, 0.29) is 121 Å². The number of carboxylic acid groups (broad SMARTS) is 6. The summed E-state index contributed by atoms with van der Waals surface area (Å²) in [4.78, 5) is 81.6. The van der Waals surface area contributed by atoms with Crippen molar-refractivity contribution < 1.29 is 147 Å². The van der Waals surface area contributed by atoms with Crippen LogP contribution < -0.4 is 30.6 Å². The molecule has 14 aromatic carbocycles. The zero-order valence-corrected chi connectivity index (χ0v) is 61.9. The second kappa shape index (κ2) is 41.6. The number of aromatic carboxylic acids is 6. The zero-order valence-electron chi connectivity index (χ0n) is 57.8. The molecule has 4 N–H and O–H groups in total. The molecule has 20 heteroatoms. The summed E-state index contributed by atoms with van der Waals surface area (Å²) in [7, 11) is 0. The Morgan fingerprint density at radius 1 is 0.173 bits per heavy atom. The first-order valence-electron chi connectivity index (χ1n) is 32.9. The molecule has 18 aromatic rings. The van der Waals surface area contributed by atoms with E-state index in [2.05, 4.69) is 68.5 Å². The van der Waals surface area contributed by atoms with Gasteiger partial charge in [-0.25, -0.2) is 0 Å². The Kier molecular flexibility index (Phi) is 32.1. The summed E-state index contributed by atoms with van der Waals surface area (Å²) >= 11 is 0. The van der Waals surface area contributed by atoms with Crippen molar-refractivity contribution in [1.29, 1.82) is 0 Å². The molecule has 4 aromatic heterocycles. The minimum absolute atomic E-state index is 0. The quantitative estimate of drug-likeness (QED) is 0.140. The summed E-state index contributed by atoms with van der Waals surface area (Å²) in [5.41, 5.74) is 5.40. The molecular formula is C90H62Dy2N4O14. The SMILES string of the molecule is O.O.O=C([O-])c1cccc2ccccc12.O=C([O-])c1cccc2ccccc12.O=C([O-])c1cccc2ccccc12.O=C([O-])c1cccc2ccccc12.O=C([O-])c1cccc2ccccc12.O=C([O-])c1cccc2ccccc12.[Dy+3].[Dy+3].c1cnc2c(c1)ccc1cccnc12.c1cnc2c(c1)ccc1cccnc12. The van der Waals surface area contributed by atoms with Gasteiger partial charge in [0, 0.05) is 79.7 Å². The molecule has 0 aliphatic rings. The Labute approximate surface area is 690 Å². The Balaban J connectivity index is 0.000000174. The van der Waals surface area contributed by atoms with Crippen LogP contribution in [0.5, 0.6) is 0 Å². The van der Waals surface area contributed by atoms with E-state index in [1.165, 1.54) is 0 Å². The van der Waals surface area contributed by atoms with Gasteiger partial charge >= 0.3 is 76.3 Å². The average Bonchev–Trinajstić information content (AvgIpc) is 0.792. The number of pyridine rings is 4. The van der Waals surface area contributed by atoms with Crippen LogP contribution >= 0.6 is 0 Å². The second-order valence-electron chi connectivity index (χ2n) is 23.3. The summed E-state index contributed by atoms with van der Waals surface area (Å²) in [5.74, 6) is -6.77. The van der Waals surface area contributed by atoms with Crippen LogP contribution in [0.3, 0.4) is 0 Å². The van der Waals surface area contributed by atoms with Crippen LogP contribution in [0.1, 0.15) is 62.1 Å². The number of nitrogens with zero attached hydrogens (tertiary/aromatic N) is 4. The zero-order chi connectivity index (χ0) is 74.3. The molecule has 0 saturated carbocycles. The molecule has 0 amide bonds. The fraction of sp³-hybridized carbons (Fsp3) is 0. The standard InChI is InChI=1S/2C12H8N2.6C11H8O2.2Dy.2H2O/c2*1-3-9-5-6-10-4-2-8-14-12(10)11(9)13-7-1;6*12-11(13)10-7-3-5-8-4-1-2-6-9(8)10;;;;/h2*1-8H;6*1-7H,(H,12,13);;;2*1H2/q;;;;;;;;2*+3;;/p-6. The largest absolute Gasteiger partial charge is 3.00 e. The maximum atomic E-state index is 10.7. The van der Waals surface area contributed by atoms with Crippen LogP contribution in [0.2, 0.25) is 0 Å². The van der Waals surface area contributed by atoms with Gasteiger partial charge in [-0.1, -0.05) is 303 Å². The van der Waals surface area contributed by atoms with Crippen molar-refractivity contribution >= 4 is 144 Å². The maximum absolute atomic E-state index is 10.7. The van der Waals surface area contributed by atoms with E-state index >= 15 is 0 Å². The molecule has 0 saturated heterocycles. The first-order valence-corrected chi connectivity index (χ1v) is 32.9. The molecule has 0 fully saturated rings. The third-order valence-electron chi connectivity index (χ3n) is 16.7. The summed E-state index contributed by atoms with van der Waals surface area (Å²) in [5, 5.41) is 78.7. The number of hydrogen-bond acceptors (Lipinski definition) is 16. The normalized spacial score (nSPS) is 9.96. The average molecular weight is 1750 g/mol. The van der Waals surface area contributed by atoms with Crippen LogP contribution in [0.25, 0.3) is 108 Å². The molecular weight excluding hydrogens is 1690 g/mol. The summed E-state index contributed by atoms with van der Waals surface area (Å²) in [6.45, 7) is 0. The van der Waals surface area contributed by atoms with E-state index in [0.717, 1.165) is 108 Å². The van der Waals surface area contributed by atoms with Gasteiger partial charge in [0.1, 0.15) is 0 Å². The fourth-order valence-electron chi connectivity index (χ4n) is 11.8. The molecule has 18 nitrogen and oxygen atoms in total. The number of benzene rings is 14. The van der Waals surface area contributed by atoms with Gasteiger partial charge in [0.2, 0.25) is 0 Å². The third kappa shape index (κ3) is 21.5. The van der Waals surface area contributed by atoms with E-state index in [1.54, 1.807) is 134 Å². The Bertz CT molecular complexity index is 5320. The van der Waals surface area contributed by atoms with Crippen molar-refractivity contribution in [1.82, 2.24) is 19.9 Å². The summed E-state index contributed by atoms with van der Waals surface area (Å²) in [6.07, 6.45) is 7.21. The smallest absolute Gasteiger partial charge is 0.545 e. The molecule has 2 radical (unpaired) electrons. The van der Waals surface area contributed by atoms with E-state index in [9.17, 15) is 59.4 Å². The Morgan fingerprint density at radius 2 is 0.309 bits per heavy atom. The van der Waals surface area contributed by atoms with Crippen molar-refractivity contribution in [2.45, 2.75) is 0 Å². The first-order chi connectivity index (χ1) is 51.6. The van der Waals surface area contributed by atoms with Gasteiger partial charge in [0.25, 0.3) is 0 Å². The monoisotopic (exact) mass is 1750 g/mol. The first kappa shape index (κ1) is 84.8. The number of carbonyl (C=O) groups is 6. The molecule has 0 unspecified atom stereocenters. The molecule has 546 valence electrons. The summed E-state index contributed by atoms with van der Waals surface area (Å²) < 4.78 is 0. The molecule has 0 spiro atoms. The predicted octanol–water partition coefficient (Wildman–Crippen LogP) is 11.1. The van der Waals surface area contributed by atoms with Crippen LogP contribution in [0.15, 0.2) is 352 Å². The van der Waals surface area contributed by atoms with Crippen LogP contribution in [0.4, 0.5) is 0 Å². The van der Waals surface area contributed by atoms with Gasteiger partial charge in [-0.05, 0) is 88.9 Å². The number of carbonyl (C=O) groups excluding carboxylic acids is 6. The molecule has 18 rings (SSSR count). The van der Waals surface area contributed by atoms with Crippen LogP contribution in [-0.4, -0.2) is 66.7 Å². The van der Waals surface area contributed by atoms with Gasteiger partial charge in [0.05, 0.1) is 57.9 Å². The molecule has 0 atom stereocenters.